The van der Waals surface area contributed by atoms with Crippen LogP contribution < -0.4 is 14.8 Å². The summed E-state index contributed by atoms with van der Waals surface area (Å²) in [5, 5.41) is 14.1. The zero-order valence-corrected chi connectivity index (χ0v) is 17.1. The highest BCUT2D eigenvalue weighted by molar-refractivity contribution is 7.13. The van der Waals surface area contributed by atoms with Crippen LogP contribution >= 0.6 is 11.3 Å². The van der Waals surface area contributed by atoms with Gasteiger partial charge in [0.2, 0.25) is 0 Å². The number of nitrogens with one attached hydrogen (secondary N) is 1. The Morgan fingerprint density at radius 2 is 1.90 bits per heavy atom. The summed E-state index contributed by atoms with van der Waals surface area (Å²) in [6.07, 6.45) is 1.34. The summed E-state index contributed by atoms with van der Waals surface area (Å²) in [4.78, 5) is 27.9. The molecule has 0 bridgehead atoms. The third-order valence-corrected chi connectivity index (χ3v) is 4.54. The quantitative estimate of drug-likeness (QED) is 0.523. The van der Waals surface area contributed by atoms with Gasteiger partial charge in [-0.3, -0.25) is 10.1 Å². The molecular formula is C21H20N2O6S. The second-order valence-electron chi connectivity index (χ2n) is 6.30. The van der Waals surface area contributed by atoms with Crippen LogP contribution in [0.4, 0.5) is 5.13 Å². The van der Waals surface area contributed by atoms with Crippen molar-refractivity contribution in [1.82, 2.24) is 4.98 Å². The predicted molar refractivity (Wildman–Crippen MR) is 112 cm³/mol. The van der Waals surface area contributed by atoms with E-state index in [0.717, 1.165) is 0 Å². The van der Waals surface area contributed by atoms with Crippen molar-refractivity contribution in [3.8, 4) is 17.2 Å². The van der Waals surface area contributed by atoms with Crippen molar-refractivity contribution in [1.29, 1.82) is 0 Å². The van der Waals surface area contributed by atoms with Crippen LogP contribution in [0.25, 0.3) is 0 Å². The van der Waals surface area contributed by atoms with E-state index in [-0.39, 0.29) is 17.6 Å². The van der Waals surface area contributed by atoms with E-state index in [4.69, 9.17) is 19.3 Å². The lowest BCUT2D eigenvalue weighted by atomic mass is 10.1. The topological polar surface area (TPSA) is 107 Å². The summed E-state index contributed by atoms with van der Waals surface area (Å²) in [5.41, 5.74) is 0.395. The van der Waals surface area contributed by atoms with E-state index >= 15 is 0 Å². The first-order valence-electron chi connectivity index (χ1n) is 8.97. The highest BCUT2D eigenvalue weighted by atomic mass is 32.1. The molecular weight excluding hydrogens is 408 g/mol. The van der Waals surface area contributed by atoms with Crippen molar-refractivity contribution in [3.05, 3.63) is 65.2 Å². The molecule has 0 aliphatic heterocycles. The van der Waals surface area contributed by atoms with Crippen molar-refractivity contribution in [3.63, 3.8) is 0 Å². The van der Waals surface area contributed by atoms with Gasteiger partial charge in [-0.05, 0) is 37.3 Å². The van der Waals surface area contributed by atoms with E-state index in [2.05, 4.69) is 10.3 Å². The molecule has 1 heterocycles. The van der Waals surface area contributed by atoms with Gasteiger partial charge >= 0.3 is 5.97 Å². The number of hydrogen-bond acceptors (Lipinski definition) is 7. The van der Waals surface area contributed by atoms with Crippen molar-refractivity contribution < 1.29 is 28.9 Å². The fourth-order valence-corrected chi connectivity index (χ4v) is 3.14. The smallest absolute Gasteiger partial charge is 0.335 e. The molecule has 0 spiro atoms. The first-order chi connectivity index (χ1) is 14.4. The lowest BCUT2D eigenvalue weighted by Crippen LogP contribution is -2.18. The number of carbonyl (C=O) groups is 2. The summed E-state index contributed by atoms with van der Waals surface area (Å²) < 4.78 is 16.7. The number of carbonyl (C=O) groups excluding carboxylic acids is 1. The van der Waals surface area contributed by atoms with E-state index in [1.54, 1.807) is 49.0 Å². The second kappa shape index (κ2) is 9.86. The van der Waals surface area contributed by atoms with Gasteiger partial charge in [-0.2, -0.15) is 0 Å². The minimum atomic E-state index is -1.06. The molecule has 0 aliphatic rings. The number of benzene rings is 2. The molecule has 0 saturated carbocycles. The maximum atomic E-state index is 12.7. The lowest BCUT2D eigenvalue weighted by Gasteiger charge is -2.16. The highest BCUT2D eigenvalue weighted by Gasteiger charge is 2.14. The van der Waals surface area contributed by atoms with Gasteiger partial charge in [0.1, 0.15) is 23.4 Å². The van der Waals surface area contributed by atoms with Crippen molar-refractivity contribution in [2.24, 2.45) is 0 Å². The predicted octanol–water partition coefficient (Wildman–Crippen LogP) is 4.30. The number of aromatic nitrogens is 1. The molecule has 2 N–H and O–H groups in total. The van der Waals surface area contributed by atoms with E-state index in [1.165, 1.54) is 23.5 Å². The third kappa shape index (κ3) is 5.79. The number of aromatic carboxylic acids is 1. The Labute approximate surface area is 177 Å². The maximum absolute atomic E-state index is 12.7. The van der Waals surface area contributed by atoms with Gasteiger partial charge in [0.15, 0.2) is 5.13 Å². The van der Waals surface area contributed by atoms with E-state index in [9.17, 15) is 9.59 Å². The fourth-order valence-electron chi connectivity index (χ4n) is 2.61. The Hall–Kier alpha value is -3.43. The maximum Gasteiger partial charge on any atom is 0.335 e. The number of rotatable bonds is 9. The second-order valence-corrected chi connectivity index (χ2v) is 7.20. The van der Waals surface area contributed by atoms with Crippen LogP contribution in [-0.2, 0) is 4.74 Å². The zero-order chi connectivity index (χ0) is 21.5. The Kier molecular flexibility index (Phi) is 6.99. The first kappa shape index (κ1) is 21.3. The molecule has 156 valence electrons. The number of hydrogen-bond donors (Lipinski definition) is 2. The van der Waals surface area contributed by atoms with Gasteiger partial charge in [-0.25, -0.2) is 9.78 Å². The van der Waals surface area contributed by atoms with Crippen molar-refractivity contribution in [2.45, 2.75) is 13.0 Å². The highest BCUT2D eigenvalue weighted by Crippen LogP contribution is 2.29. The molecule has 0 saturated heterocycles. The van der Waals surface area contributed by atoms with E-state index in [0.29, 0.717) is 34.6 Å². The van der Waals surface area contributed by atoms with E-state index in [1.807, 2.05) is 6.92 Å². The number of thiazole rings is 1. The normalized spacial score (nSPS) is 11.5. The molecule has 1 atom stereocenters. The minimum Gasteiger partial charge on any atom is -0.488 e. The third-order valence-electron chi connectivity index (χ3n) is 3.85. The summed E-state index contributed by atoms with van der Waals surface area (Å²) >= 11 is 1.30. The molecule has 0 unspecified atom stereocenters. The van der Waals surface area contributed by atoms with Gasteiger partial charge in [0.05, 0.1) is 12.2 Å². The fraction of sp³-hybridized carbons (Fsp3) is 0.190. The summed E-state index contributed by atoms with van der Waals surface area (Å²) in [5.74, 6) is -0.378. The van der Waals surface area contributed by atoms with Crippen molar-refractivity contribution >= 4 is 28.3 Å². The molecule has 2 aromatic carbocycles. The number of ether oxygens (including phenoxy) is 3. The van der Waals surface area contributed by atoms with Crippen LogP contribution in [0, 0.1) is 0 Å². The number of anilines is 1. The van der Waals surface area contributed by atoms with Crippen LogP contribution in [0.2, 0.25) is 0 Å². The molecule has 9 heteroatoms. The van der Waals surface area contributed by atoms with Crippen LogP contribution in [0.15, 0.2) is 54.0 Å². The van der Waals surface area contributed by atoms with Gasteiger partial charge in [-0.15, -0.1) is 11.3 Å². The van der Waals surface area contributed by atoms with E-state index < -0.39 is 5.97 Å². The van der Waals surface area contributed by atoms with Crippen LogP contribution in [-0.4, -0.2) is 41.8 Å². The van der Waals surface area contributed by atoms with Crippen LogP contribution in [0.1, 0.15) is 27.6 Å². The Balaban J connectivity index is 1.89. The number of carboxylic acid groups (broad SMARTS) is 1. The lowest BCUT2D eigenvalue weighted by molar-refractivity contribution is 0.0696. The Morgan fingerprint density at radius 1 is 1.13 bits per heavy atom. The summed E-state index contributed by atoms with van der Waals surface area (Å²) in [6.45, 7) is 2.20. The minimum absolute atomic E-state index is 0.0929. The monoisotopic (exact) mass is 428 g/mol. The van der Waals surface area contributed by atoms with Gasteiger partial charge in [0, 0.05) is 30.3 Å². The molecule has 8 nitrogen and oxygen atoms in total. The number of amides is 1. The summed E-state index contributed by atoms with van der Waals surface area (Å²) in [7, 11) is 1.57. The SMILES string of the molecule is COC[C@H](C)Oc1cc(Oc2cccc(C(=O)O)c2)cc(C(=O)Nc2nccs2)c1. The largest absolute Gasteiger partial charge is 0.488 e. The zero-order valence-electron chi connectivity index (χ0n) is 16.3. The summed E-state index contributed by atoms with van der Waals surface area (Å²) in [6, 6.07) is 10.8. The standard InChI is InChI=1S/C21H20N2O6S/c1-13(12-27-2)28-17-9-15(19(24)23-21-22-6-7-30-21)10-18(11-17)29-16-5-3-4-14(8-16)20(25)26/h3-11,13H,12H2,1-2H3,(H,25,26)(H,22,23,24)/t13-/m0/s1. The Morgan fingerprint density at radius 3 is 2.60 bits per heavy atom. The molecule has 30 heavy (non-hydrogen) atoms. The molecule has 0 radical (unpaired) electrons. The van der Waals surface area contributed by atoms with Gasteiger partial charge in [-0.1, -0.05) is 6.07 Å². The number of methoxy groups -OCH3 is 1. The van der Waals surface area contributed by atoms with Gasteiger partial charge in [0.25, 0.3) is 5.91 Å². The van der Waals surface area contributed by atoms with Crippen LogP contribution in [0.5, 0.6) is 17.2 Å². The molecule has 0 aliphatic carbocycles. The molecule has 1 aromatic heterocycles. The first-order valence-corrected chi connectivity index (χ1v) is 9.85. The number of carboxylic acids is 1. The molecule has 3 rings (SSSR count). The molecule has 3 aromatic rings. The number of nitrogens with zero attached hydrogens (tertiary/aromatic N) is 1. The van der Waals surface area contributed by atoms with Crippen molar-refractivity contribution in [2.75, 3.05) is 19.0 Å². The van der Waals surface area contributed by atoms with Crippen LogP contribution in [0.3, 0.4) is 0 Å². The Bertz CT molecular complexity index is 1020. The van der Waals surface area contributed by atoms with Gasteiger partial charge < -0.3 is 19.3 Å². The average molecular weight is 428 g/mol. The average Bonchev–Trinajstić information content (AvgIpc) is 3.21. The molecule has 0 fully saturated rings. The molecule has 1 amide bonds.